The summed E-state index contributed by atoms with van der Waals surface area (Å²) >= 11 is 8.74. The summed E-state index contributed by atoms with van der Waals surface area (Å²) in [4.78, 5) is 34.2. The number of halogens is 2. The van der Waals surface area contributed by atoms with Crippen LogP contribution < -0.4 is 0 Å². The molecule has 0 fully saturated rings. The summed E-state index contributed by atoms with van der Waals surface area (Å²) < 4.78 is 0.151. The topological polar surface area (TPSA) is 77.3 Å². The Balaban J connectivity index is 2.87. The molecule has 5 nitrogen and oxygen atoms in total. The Morgan fingerprint density at radius 2 is 1.89 bits per heavy atom. The van der Waals surface area contributed by atoms with Crippen LogP contribution in [-0.2, 0) is 0 Å². The number of allylic oxidation sites excluding steroid dienone is 2. The SMILES string of the molecule is CC1=C(Cl)C(=O)c2ccc(Br)c([N+](=O)[O-])c2C1=O. The monoisotopic (exact) mass is 329 g/mol. The van der Waals surface area contributed by atoms with Crippen molar-refractivity contribution in [2.24, 2.45) is 0 Å². The lowest BCUT2D eigenvalue weighted by atomic mass is 9.89. The molecule has 0 atom stereocenters. The van der Waals surface area contributed by atoms with Crippen LogP contribution in [0, 0.1) is 10.1 Å². The normalized spacial score (nSPS) is 14.8. The first-order valence-corrected chi connectivity index (χ1v) is 5.96. The molecule has 1 aliphatic carbocycles. The summed E-state index contributed by atoms with van der Waals surface area (Å²) in [5.74, 6) is -1.16. The van der Waals surface area contributed by atoms with E-state index >= 15 is 0 Å². The Labute approximate surface area is 115 Å². The average Bonchev–Trinajstić information content (AvgIpc) is 2.32. The molecule has 0 radical (unpaired) electrons. The molecule has 7 heteroatoms. The third-order valence-corrected chi connectivity index (χ3v) is 3.75. The van der Waals surface area contributed by atoms with Gasteiger partial charge in [0.05, 0.1) is 14.4 Å². The van der Waals surface area contributed by atoms with E-state index in [1.54, 1.807) is 0 Å². The number of fused-ring (bicyclic) bond motifs is 1. The Kier molecular flexibility index (Phi) is 3.08. The molecule has 0 amide bonds. The highest BCUT2D eigenvalue weighted by atomic mass is 79.9. The lowest BCUT2D eigenvalue weighted by molar-refractivity contribution is -0.385. The minimum atomic E-state index is -0.694. The van der Waals surface area contributed by atoms with Crippen molar-refractivity contribution in [3.63, 3.8) is 0 Å². The summed E-state index contributed by atoms with van der Waals surface area (Å²) in [6, 6.07) is 2.70. The van der Waals surface area contributed by atoms with E-state index in [1.807, 2.05) is 0 Å². The molecule has 0 spiro atoms. The molecule has 92 valence electrons. The minimum Gasteiger partial charge on any atom is -0.289 e. The molecule has 0 unspecified atom stereocenters. The molecule has 0 saturated carbocycles. The van der Waals surface area contributed by atoms with E-state index in [1.165, 1.54) is 19.1 Å². The second kappa shape index (κ2) is 4.29. The van der Waals surface area contributed by atoms with Gasteiger partial charge in [-0.15, -0.1) is 0 Å². The molecular formula is C11H5BrClNO4. The van der Waals surface area contributed by atoms with Crippen LogP contribution in [0.1, 0.15) is 27.6 Å². The number of benzene rings is 1. The van der Waals surface area contributed by atoms with Gasteiger partial charge < -0.3 is 0 Å². The molecular weight excluding hydrogens is 325 g/mol. The Morgan fingerprint density at radius 1 is 1.28 bits per heavy atom. The Morgan fingerprint density at radius 3 is 2.44 bits per heavy atom. The first-order chi connectivity index (χ1) is 8.36. The molecule has 1 aliphatic rings. The molecule has 1 aromatic rings. The van der Waals surface area contributed by atoms with E-state index < -0.39 is 22.2 Å². The molecule has 0 saturated heterocycles. The van der Waals surface area contributed by atoms with Crippen LogP contribution in [0.2, 0.25) is 0 Å². The predicted octanol–water partition coefficient (Wildman–Crippen LogP) is 3.25. The van der Waals surface area contributed by atoms with Crippen molar-refractivity contribution >= 4 is 44.8 Å². The fourth-order valence-electron chi connectivity index (χ4n) is 1.74. The van der Waals surface area contributed by atoms with E-state index in [2.05, 4.69) is 15.9 Å². The first kappa shape index (κ1) is 12.9. The lowest BCUT2D eigenvalue weighted by Gasteiger charge is -2.15. The van der Waals surface area contributed by atoms with Crippen molar-refractivity contribution in [2.75, 3.05) is 0 Å². The summed E-state index contributed by atoms with van der Waals surface area (Å²) in [6.07, 6.45) is 0. The van der Waals surface area contributed by atoms with Gasteiger partial charge in [0.15, 0.2) is 5.78 Å². The van der Waals surface area contributed by atoms with Gasteiger partial charge in [0.25, 0.3) is 5.69 Å². The number of ketones is 2. The van der Waals surface area contributed by atoms with Crippen LogP contribution in [0.4, 0.5) is 5.69 Å². The third kappa shape index (κ3) is 1.69. The van der Waals surface area contributed by atoms with Gasteiger partial charge in [-0.3, -0.25) is 19.7 Å². The maximum absolute atomic E-state index is 12.0. The Bertz CT molecular complexity index is 651. The first-order valence-electron chi connectivity index (χ1n) is 4.79. The fraction of sp³-hybridized carbons (Fsp3) is 0.0909. The van der Waals surface area contributed by atoms with Crippen LogP contribution in [0.3, 0.4) is 0 Å². The number of nitro benzene ring substituents is 1. The van der Waals surface area contributed by atoms with Crippen LogP contribution in [-0.4, -0.2) is 16.5 Å². The molecule has 1 aromatic carbocycles. The zero-order valence-corrected chi connectivity index (χ0v) is 11.3. The number of carbonyl (C=O) groups is 2. The van der Waals surface area contributed by atoms with Crippen LogP contribution in [0.25, 0.3) is 0 Å². The number of nitrogens with zero attached hydrogens (tertiary/aromatic N) is 1. The van der Waals surface area contributed by atoms with Crippen molar-refractivity contribution in [2.45, 2.75) is 6.92 Å². The lowest BCUT2D eigenvalue weighted by Crippen LogP contribution is -2.20. The van der Waals surface area contributed by atoms with E-state index in [0.717, 1.165) is 0 Å². The van der Waals surface area contributed by atoms with Crippen molar-refractivity contribution in [3.8, 4) is 0 Å². The Hall–Kier alpha value is -1.53. The minimum absolute atomic E-state index is 0.0235. The maximum atomic E-state index is 12.0. The maximum Gasteiger partial charge on any atom is 0.295 e. The van der Waals surface area contributed by atoms with Gasteiger partial charge in [-0.2, -0.15) is 0 Å². The molecule has 0 bridgehead atoms. The third-order valence-electron chi connectivity index (χ3n) is 2.65. The van der Waals surface area contributed by atoms with Gasteiger partial charge >= 0.3 is 0 Å². The average molecular weight is 331 g/mol. The molecule has 0 heterocycles. The summed E-state index contributed by atoms with van der Waals surface area (Å²) in [7, 11) is 0. The molecule has 2 rings (SSSR count). The van der Waals surface area contributed by atoms with Gasteiger partial charge in [0, 0.05) is 11.1 Å². The molecule has 0 aromatic heterocycles. The highest BCUT2D eigenvalue weighted by molar-refractivity contribution is 9.10. The molecule has 0 aliphatic heterocycles. The molecule has 18 heavy (non-hydrogen) atoms. The summed E-state index contributed by atoms with van der Waals surface area (Å²) in [5.41, 5.74) is -0.628. The zero-order chi connectivity index (χ0) is 13.6. The number of rotatable bonds is 1. The second-order valence-electron chi connectivity index (χ2n) is 3.67. The van der Waals surface area contributed by atoms with E-state index in [0.29, 0.717) is 0 Å². The summed E-state index contributed by atoms with van der Waals surface area (Å²) in [6.45, 7) is 1.37. The van der Waals surface area contributed by atoms with Crippen molar-refractivity contribution in [1.29, 1.82) is 0 Å². The number of carbonyl (C=O) groups excluding carboxylic acids is 2. The van der Waals surface area contributed by atoms with E-state index in [9.17, 15) is 19.7 Å². The number of hydrogen-bond donors (Lipinski definition) is 0. The summed E-state index contributed by atoms with van der Waals surface area (Å²) in [5, 5.41) is 10.8. The van der Waals surface area contributed by atoms with E-state index in [-0.39, 0.29) is 26.2 Å². The zero-order valence-electron chi connectivity index (χ0n) is 8.99. The molecule has 0 N–H and O–H groups in total. The van der Waals surface area contributed by atoms with Gasteiger partial charge in [-0.25, -0.2) is 0 Å². The van der Waals surface area contributed by atoms with E-state index in [4.69, 9.17) is 11.6 Å². The predicted molar refractivity (Wildman–Crippen MR) is 68.0 cm³/mol. The number of nitro groups is 1. The highest BCUT2D eigenvalue weighted by Crippen LogP contribution is 2.37. The smallest absolute Gasteiger partial charge is 0.289 e. The van der Waals surface area contributed by atoms with Crippen LogP contribution in [0.15, 0.2) is 27.2 Å². The fourth-order valence-corrected chi connectivity index (χ4v) is 2.40. The van der Waals surface area contributed by atoms with Crippen molar-refractivity contribution < 1.29 is 14.5 Å². The highest BCUT2D eigenvalue weighted by Gasteiger charge is 2.36. The van der Waals surface area contributed by atoms with Crippen molar-refractivity contribution in [3.05, 3.63) is 48.5 Å². The van der Waals surface area contributed by atoms with Gasteiger partial charge in [0.2, 0.25) is 5.78 Å². The van der Waals surface area contributed by atoms with Crippen LogP contribution in [0.5, 0.6) is 0 Å². The van der Waals surface area contributed by atoms with Crippen molar-refractivity contribution in [1.82, 2.24) is 0 Å². The quantitative estimate of drug-likeness (QED) is 0.585. The van der Waals surface area contributed by atoms with Gasteiger partial charge in [-0.1, -0.05) is 11.6 Å². The van der Waals surface area contributed by atoms with Crippen LogP contribution >= 0.6 is 27.5 Å². The van der Waals surface area contributed by atoms with Gasteiger partial charge in [0.1, 0.15) is 5.56 Å². The largest absolute Gasteiger partial charge is 0.295 e. The number of Topliss-reactive ketones (excluding diaryl/α,β-unsaturated/α-hetero) is 2. The number of hydrogen-bond acceptors (Lipinski definition) is 4. The standard InChI is InChI=1S/C11H5BrClNO4/c1-4-8(13)11(16)5-2-3-6(12)9(14(17)18)7(5)10(4)15/h2-3H,1H3. The van der Waals surface area contributed by atoms with Gasteiger partial charge in [-0.05, 0) is 35.0 Å². The second-order valence-corrected chi connectivity index (χ2v) is 4.91.